The highest BCUT2D eigenvalue weighted by molar-refractivity contribution is 6.17. The van der Waals surface area contributed by atoms with Gasteiger partial charge < -0.3 is 9.64 Å². The Balaban J connectivity index is 1.99. The maximum Gasteiger partial charge on any atom is 0.133 e. The minimum atomic E-state index is 0.345. The average molecular weight is 298 g/mol. The van der Waals surface area contributed by atoms with Crippen molar-refractivity contribution in [3.8, 4) is 0 Å². The largest absolute Gasteiger partial charge is 0.377 e. The highest BCUT2D eigenvalue weighted by Crippen LogP contribution is 2.22. The molecule has 1 saturated heterocycles. The van der Waals surface area contributed by atoms with E-state index < -0.39 is 0 Å². The van der Waals surface area contributed by atoms with Gasteiger partial charge in [-0.1, -0.05) is 13.8 Å². The molecule has 0 unspecified atom stereocenters. The molecule has 0 amide bonds. The second-order valence-corrected chi connectivity index (χ2v) is 6.00. The molecule has 0 bridgehead atoms. The van der Waals surface area contributed by atoms with Crippen molar-refractivity contribution in [2.24, 2.45) is 0 Å². The summed E-state index contributed by atoms with van der Waals surface area (Å²) in [5.74, 6) is 2.92. The molecule has 0 atom stereocenters. The molecule has 20 heavy (non-hydrogen) atoms. The van der Waals surface area contributed by atoms with Crippen molar-refractivity contribution in [3.63, 3.8) is 0 Å². The zero-order chi connectivity index (χ0) is 14.5. The van der Waals surface area contributed by atoms with E-state index in [9.17, 15) is 0 Å². The molecule has 1 aliphatic heterocycles. The molecule has 1 aliphatic rings. The Morgan fingerprint density at radius 2 is 2.05 bits per heavy atom. The first-order valence-corrected chi connectivity index (χ1v) is 7.91. The molecule has 112 valence electrons. The molecule has 0 N–H and O–H groups in total. The van der Waals surface area contributed by atoms with Gasteiger partial charge in [0.1, 0.15) is 11.6 Å². The first-order chi connectivity index (χ1) is 9.60. The number of rotatable bonds is 5. The minimum Gasteiger partial charge on any atom is -0.377 e. The maximum atomic E-state index is 5.71. The van der Waals surface area contributed by atoms with Crippen LogP contribution in [0.4, 0.5) is 5.82 Å². The lowest BCUT2D eigenvalue weighted by atomic mass is 10.1. The zero-order valence-corrected chi connectivity index (χ0v) is 13.4. The fourth-order valence-electron chi connectivity index (χ4n) is 2.46. The number of aromatic nitrogens is 2. The van der Waals surface area contributed by atoms with Gasteiger partial charge in [0.25, 0.3) is 0 Å². The van der Waals surface area contributed by atoms with E-state index in [2.05, 4.69) is 29.8 Å². The maximum absolute atomic E-state index is 5.71. The minimum absolute atomic E-state index is 0.345. The van der Waals surface area contributed by atoms with Gasteiger partial charge in [-0.25, -0.2) is 9.97 Å². The van der Waals surface area contributed by atoms with E-state index in [0.717, 1.165) is 43.3 Å². The van der Waals surface area contributed by atoms with E-state index in [1.807, 2.05) is 6.92 Å². The van der Waals surface area contributed by atoms with E-state index in [0.29, 0.717) is 24.5 Å². The molecule has 0 saturated carbocycles. The van der Waals surface area contributed by atoms with Crippen molar-refractivity contribution in [1.29, 1.82) is 0 Å². The molecule has 4 nitrogen and oxygen atoms in total. The Bertz CT molecular complexity index is 431. The van der Waals surface area contributed by atoms with E-state index in [-0.39, 0.29) is 0 Å². The van der Waals surface area contributed by atoms with Gasteiger partial charge in [-0.05, 0) is 19.8 Å². The second-order valence-electron chi connectivity index (χ2n) is 5.63. The normalized spacial score (nSPS) is 16.9. The van der Waals surface area contributed by atoms with Crippen LogP contribution in [-0.4, -0.2) is 41.6 Å². The Kier molecular flexibility index (Phi) is 5.61. The van der Waals surface area contributed by atoms with E-state index >= 15 is 0 Å². The second kappa shape index (κ2) is 7.23. The lowest BCUT2D eigenvalue weighted by molar-refractivity contribution is 0.0471. The third-order valence-electron chi connectivity index (χ3n) is 3.57. The van der Waals surface area contributed by atoms with Gasteiger partial charge in [-0.15, -0.1) is 11.6 Å². The van der Waals surface area contributed by atoms with Crippen LogP contribution in [0.25, 0.3) is 0 Å². The molecule has 1 aromatic heterocycles. The van der Waals surface area contributed by atoms with Gasteiger partial charge in [0.05, 0.1) is 12.7 Å². The number of ether oxygens (including phenoxy) is 1. The van der Waals surface area contributed by atoms with Gasteiger partial charge in [0.15, 0.2) is 0 Å². The van der Waals surface area contributed by atoms with Crippen molar-refractivity contribution >= 4 is 17.4 Å². The van der Waals surface area contributed by atoms with Gasteiger partial charge in [0, 0.05) is 36.6 Å². The van der Waals surface area contributed by atoms with Crippen LogP contribution >= 0.6 is 11.6 Å². The summed E-state index contributed by atoms with van der Waals surface area (Å²) in [5, 5.41) is 0. The lowest BCUT2D eigenvalue weighted by Gasteiger charge is -2.33. The molecule has 2 rings (SSSR count). The topological polar surface area (TPSA) is 38.2 Å². The summed E-state index contributed by atoms with van der Waals surface area (Å²) in [6.45, 7) is 8.92. The monoisotopic (exact) mass is 297 g/mol. The third kappa shape index (κ3) is 4.06. The smallest absolute Gasteiger partial charge is 0.133 e. The molecule has 0 radical (unpaired) electrons. The van der Waals surface area contributed by atoms with Crippen molar-refractivity contribution in [2.45, 2.75) is 45.6 Å². The molecule has 5 heteroatoms. The SMILES string of the molecule is Cc1cc(N2CCC(OCCCl)CC2)nc(C(C)C)n1. The Labute approximate surface area is 126 Å². The standard InChI is InChI=1S/C15H24ClN3O/c1-11(2)15-17-12(3)10-14(18-15)19-7-4-13(5-8-19)20-9-6-16/h10-11,13H,4-9H2,1-3H3. The molecule has 0 spiro atoms. The predicted octanol–water partition coefficient (Wildman–Crippen LogP) is 3.13. The van der Waals surface area contributed by atoms with Gasteiger partial charge in [-0.2, -0.15) is 0 Å². The summed E-state index contributed by atoms with van der Waals surface area (Å²) in [5.41, 5.74) is 1.04. The van der Waals surface area contributed by atoms with Crippen LogP contribution in [0.15, 0.2) is 6.07 Å². The summed E-state index contributed by atoms with van der Waals surface area (Å²) in [7, 11) is 0. The number of piperidine rings is 1. The van der Waals surface area contributed by atoms with Gasteiger partial charge in [-0.3, -0.25) is 0 Å². The van der Waals surface area contributed by atoms with Crippen LogP contribution < -0.4 is 4.90 Å². The van der Waals surface area contributed by atoms with Crippen molar-refractivity contribution in [2.75, 3.05) is 30.5 Å². The van der Waals surface area contributed by atoms with Crippen molar-refractivity contribution in [3.05, 3.63) is 17.6 Å². The van der Waals surface area contributed by atoms with Crippen LogP contribution in [0.2, 0.25) is 0 Å². The van der Waals surface area contributed by atoms with Crippen molar-refractivity contribution < 1.29 is 4.74 Å². The lowest BCUT2D eigenvalue weighted by Crippen LogP contribution is -2.38. The van der Waals surface area contributed by atoms with E-state index in [1.54, 1.807) is 0 Å². The summed E-state index contributed by atoms with van der Waals surface area (Å²) in [4.78, 5) is 11.5. The first kappa shape index (κ1) is 15.5. The number of halogens is 1. The number of hydrogen-bond acceptors (Lipinski definition) is 4. The molecule has 0 aromatic carbocycles. The molecular formula is C15H24ClN3O. The van der Waals surface area contributed by atoms with E-state index in [1.165, 1.54) is 0 Å². The number of anilines is 1. The van der Waals surface area contributed by atoms with Crippen LogP contribution in [0, 0.1) is 6.92 Å². The highest BCUT2D eigenvalue weighted by atomic mass is 35.5. The number of alkyl halides is 1. The fraction of sp³-hybridized carbons (Fsp3) is 0.733. The predicted molar refractivity (Wildman–Crippen MR) is 82.8 cm³/mol. The van der Waals surface area contributed by atoms with Crippen molar-refractivity contribution in [1.82, 2.24) is 9.97 Å². The Hall–Kier alpha value is -0.870. The van der Waals surface area contributed by atoms with Crippen LogP contribution in [0.3, 0.4) is 0 Å². The van der Waals surface area contributed by atoms with Crippen LogP contribution in [0.1, 0.15) is 44.1 Å². The molecule has 1 aromatic rings. The summed E-state index contributed by atoms with van der Waals surface area (Å²) >= 11 is 5.66. The van der Waals surface area contributed by atoms with Gasteiger partial charge >= 0.3 is 0 Å². The zero-order valence-electron chi connectivity index (χ0n) is 12.6. The summed E-state index contributed by atoms with van der Waals surface area (Å²) < 4.78 is 5.71. The molecule has 1 fully saturated rings. The average Bonchev–Trinajstić information content (AvgIpc) is 2.45. The summed E-state index contributed by atoms with van der Waals surface area (Å²) in [6, 6.07) is 2.08. The van der Waals surface area contributed by atoms with Crippen LogP contribution in [-0.2, 0) is 4.74 Å². The number of aryl methyl sites for hydroxylation is 1. The summed E-state index contributed by atoms with van der Waals surface area (Å²) in [6.07, 6.45) is 2.42. The highest BCUT2D eigenvalue weighted by Gasteiger charge is 2.21. The number of hydrogen-bond donors (Lipinski definition) is 0. The molecule has 2 heterocycles. The third-order valence-corrected chi connectivity index (χ3v) is 3.73. The first-order valence-electron chi connectivity index (χ1n) is 7.38. The molecule has 0 aliphatic carbocycles. The fourth-order valence-corrected chi connectivity index (χ4v) is 2.55. The quantitative estimate of drug-likeness (QED) is 0.783. The Morgan fingerprint density at radius 1 is 1.35 bits per heavy atom. The van der Waals surface area contributed by atoms with Crippen LogP contribution in [0.5, 0.6) is 0 Å². The van der Waals surface area contributed by atoms with E-state index in [4.69, 9.17) is 21.3 Å². The Morgan fingerprint density at radius 3 is 2.65 bits per heavy atom. The molecular weight excluding hydrogens is 274 g/mol. The van der Waals surface area contributed by atoms with Gasteiger partial charge in [0.2, 0.25) is 0 Å². The number of nitrogens with zero attached hydrogens (tertiary/aromatic N) is 3.